The normalized spacial score (nSPS) is 15.6. The molecule has 0 aliphatic carbocycles. The van der Waals surface area contributed by atoms with E-state index in [9.17, 15) is 4.79 Å². The van der Waals surface area contributed by atoms with Gasteiger partial charge in [-0.3, -0.25) is 15.0 Å². The van der Waals surface area contributed by atoms with E-state index >= 15 is 0 Å². The van der Waals surface area contributed by atoms with Gasteiger partial charge in [0.15, 0.2) is 0 Å². The molecule has 4 rings (SSSR count). The van der Waals surface area contributed by atoms with Gasteiger partial charge in [-0.05, 0) is 6.07 Å². The van der Waals surface area contributed by atoms with Gasteiger partial charge >= 0.3 is 6.03 Å². The molecule has 3 heterocycles. The number of rotatable bonds is 4. The largest absolute Gasteiger partial charge is 0.333 e. The number of aromatic amines is 1. The summed E-state index contributed by atoms with van der Waals surface area (Å²) in [6, 6.07) is 8.14. The second-order valence-electron chi connectivity index (χ2n) is 6.11. The molecule has 0 unspecified atom stereocenters. The molecule has 8 heteroatoms. The predicted molar refractivity (Wildman–Crippen MR) is 97.3 cm³/mol. The van der Waals surface area contributed by atoms with Gasteiger partial charge in [0, 0.05) is 49.2 Å². The van der Waals surface area contributed by atoms with Crippen LogP contribution < -0.4 is 5.32 Å². The van der Waals surface area contributed by atoms with Gasteiger partial charge in [0.2, 0.25) is 0 Å². The van der Waals surface area contributed by atoms with Crippen LogP contribution in [0.25, 0.3) is 10.9 Å². The van der Waals surface area contributed by atoms with E-state index in [2.05, 4.69) is 31.5 Å². The average molecular weight is 356 g/mol. The van der Waals surface area contributed by atoms with Crippen molar-refractivity contribution >= 4 is 28.3 Å². The van der Waals surface area contributed by atoms with Crippen molar-refractivity contribution in [1.29, 1.82) is 0 Å². The summed E-state index contributed by atoms with van der Waals surface area (Å²) in [5.41, 5.74) is 3.91. The maximum Gasteiger partial charge on any atom is 0.317 e. The molecule has 2 N–H and O–H groups in total. The Balaban J connectivity index is 1.28. The summed E-state index contributed by atoms with van der Waals surface area (Å²) in [7, 11) is 0. The van der Waals surface area contributed by atoms with Crippen LogP contribution in [0.5, 0.6) is 0 Å². The van der Waals surface area contributed by atoms with Crippen LogP contribution in [0.15, 0.2) is 36.0 Å². The van der Waals surface area contributed by atoms with Gasteiger partial charge in [-0.1, -0.05) is 18.2 Å². The monoisotopic (exact) mass is 356 g/mol. The third kappa shape index (κ3) is 3.64. The van der Waals surface area contributed by atoms with E-state index in [0.29, 0.717) is 6.54 Å². The molecule has 2 amide bonds. The van der Waals surface area contributed by atoms with Crippen molar-refractivity contribution in [1.82, 2.24) is 30.3 Å². The topological polar surface area (TPSA) is 77.2 Å². The lowest BCUT2D eigenvalue weighted by Crippen LogP contribution is -2.51. The molecule has 1 saturated heterocycles. The number of nitrogens with zero attached hydrogens (tertiary/aromatic N) is 4. The Morgan fingerprint density at radius 3 is 2.88 bits per heavy atom. The molecule has 1 fully saturated rings. The van der Waals surface area contributed by atoms with Crippen molar-refractivity contribution in [3.63, 3.8) is 0 Å². The highest BCUT2D eigenvalue weighted by molar-refractivity contribution is 7.09. The minimum Gasteiger partial charge on any atom is -0.333 e. The second-order valence-corrected chi connectivity index (χ2v) is 7.08. The van der Waals surface area contributed by atoms with E-state index in [4.69, 9.17) is 0 Å². The number of nitrogens with one attached hydrogen (secondary N) is 2. The zero-order valence-corrected chi connectivity index (χ0v) is 14.6. The molecule has 0 saturated carbocycles. The molecule has 0 bridgehead atoms. The number of piperazine rings is 1. The van der Waals surface area contributed by atoms with Crippen molar-refractivity contribution in [3.8, 4) is 0 Å². The van der Waals surface area contributed by atoms with Gasteiger partial charge in [-0.2, -0.15) is 5.10 Å². The minimum absolute atomic E-state index is 0.0000371. The standard InChI is InChI=1S/C17H20N6OS/c24-17(19-10-13-9-18-12-25-13)23-7-5-22(6-8-23)11-16-14-3-1-2-4-15(14)20-21-16/h1-4,9,12H,5-8,10-11H2,(H,19,24)(H,20,21). The van der Waals surface area contributed by atoms with Gasteiger partial charge in [-0.15, -0.1) is 11.3 Å². The van der Waals surface area contributed by atoms with Crippen molar-refractivity contribution in [2.45, 2.75) is 13.1 Å². The number of aromatic nitrogens is 3. The highest BCUT2D eigenvalue weighted by Crippen LogP contribution is 2.17. The van der Waals surface area contributed by atoms with Crippen molar-refractivity contribution in [2.75, 3.05) is 26.2 Å². The Kier molecular flexibility index (Phi) is 4.62. The summed E-state index contributed by atoms with van der Waals surface area (Å²) in [6.07, 6.45) is 1.79. The molecular formula is C17H20N6OS. The Morgan fingerprint density at radius 1 is 1.24 bits per heavy atom. The van der Waals surface area contributed by atoms with Crippen LogP contribution >= 0.6 is 11.3 Å². The number of amides is 2. The molecule has 1 aromatic carbocycles. The second kappa shape index (κ2) is 7.20. The van der Waals surface area contributed by atoms with Crippen LogP contribution in [0.3, 0.4) is 0 Å². The third-order valence-electron chi connectivity index (χ3n) is 4.48. The SMILES string of the molecule is O=C(NCc1cncs1)N1CCN(Cc2[nH]nc3ccccc23)CC1. The van der Waals surface area contributed by atoms with Gasteiger partial charge in [0.1, 0.15) is 0 Å². The molecule has 0 radical (unpaired) electrons. The Bertz CT molecular complexity index is 838. The first-order valence-electron chi connectivity index (χ1n) is 8.34. The summed E-state index contributed by atoms with van der Waals surface area (Å²) in [4.78, 5) is 21.6. The molecule has 3 aromatic rings. The summed E-state index contributed by atoms with van der Waals surface area (Å²) in [5, 5.41) is 11.6. The van der Waals surface area contributed by atoms with Crippen LogP contribution in [-0.2, 0) is 13.1 Å². The van der Waals surface area contributed by atoms with Gasteiger partial charge < -0.3 is 10.2 Å². The fourth-order valence-corrected chi connectivity index (χ4v) is 3.61. The lowest BCUT2D eigenvalue weighted by molar-refractivity contribution is 0.134. The number of fused-ring (bicyclic) bond motifs is 1. The highest BCUT2D eigenvalue weighted by Gasteiger charge is 2.21. The van der Waals surface area contributed by atoms with Crippen LogP contribution in [-0.4, -0.2) is 57.2 Å². The highest BCUT2D eigenvalue weighted by atomic mass is 32.1. The maximum atomic E-state index is 12.3. The number of H-pyrrole nitrogens is 1. The van der Waals surface area contributed by atoms with E-state index < -0.39 is 0 Å². The van der Waals surface area contributed by atoms with Gasteiger partial charge in [0.25, 0.3) is 0 Å². The molecule has 130 valence electrons. The number of carbonyl (C=O) groups excluding carboxylic acids is 1. The zero-order chi connectivity index (χ0) is 17.1. The Labute approximate surface area is 149 Å². The van der Waals surface area contributed by atoms with Crippen LogP contribution in [0, 0.1) is 0 Å². The van der Waals surface area contributed by atoms with Crippen molar-refractivity contribution in [2.24, 2.45) is 0 Å². The molecular weight excluding hydrogens is 336 g/mol. The summed E-state index contributed by atoms with van der Waals surface area (Å²) < 4.78 is 0. The lowest BCUT2D eigenvalue weighted by atomic mass is 10.2. The number of benzene rings is 1. The smallest absolute Gasteiger partial charge is 0.317 e. The van der Waals surface area contributed by atoms with Gasteiger partial charge in [0.05, 0.1) is 23.3 Å². The third-order valence-corrected chi connectivity index (χ3v) is 5.26. The maximum absolute atomic E-state index is 12.3. The Morgan fingerprint density at radius 2 is 2.08 bits per heavy atom. The van der Waals surface area contributed by atoms with Gasteiger partial charge in [-0.25, -0.2) is 4.79 Å². The molecule has 0 spiro atoms. The first-order chi connectivity index (χ1) is 12.3. The fourth-order valence-electron chi connectivity index (χ4n) is 3.07. The molecule has 7 nitrogen and oxygen atoms in total. The van der Waals surface area contributed by atoms with Crippen LogP contribution in [0.1, 0.15) is 10.6 Å². The molecule has 0 atom stereocenters. The van der Waals surface area contributed by atoms with E-state index in [-0.39, 0.29) is 6.03 Å². The number of thiazole rings is 1. The number of urea groups is 1. The predicted octanol–water partition coefficient (Wildman–Crippen LogP) is 2.05. The minimum atomic E-state index is 0.0000371. The molecule has 2 aromatic heterocycles. The lowest BCUT2D eigenvalue weighted by Gasteiger charge is -2.34. The summed E-state index contributed by atoms with van der Waals surface area (Å²) in [6.45, 7) is 4.57. The molecule has 1 aliphatic heterocycles. The summed E-state index contributed by atoms with van der Waals surface area (Å²) >= 11 is 1.55. The van der Waals surface area contributed by atoms with Crippen LogP contribution in [0.4, 0.5) is 4.79 Å². The average Bonchev–Trinajstić information content (AvgIpc) is 3.31. The number of hydrogen-bond donors (Lipinski definition) is 2. The first kappa shape index (κ1) is 16.0. The molecule has 25 heavy (non-hydrogen) atoms. The van der Waals surface area contributed by atoms with E-state index in [1.807, 2.05) is 23.1 Å². The number of carbonyl (C=O) groups is 1. The van der Waals surface area contributed by atoms with E-state index in [1.165, 1.54) is 5.39 Å². The first-order valence-corrected chi connectivity index (χ1v) is 9.22. The molecule has 1 aliphatic rings. The van der Waals surface area contributed by atoms with E-state index in [0.717, 1.165) is 48.8 Å². The quantitative estimate of drug-likeness (QED) is 0.750. The van der Waals surface area contributed by atoms with Crippen molar-refractivity contribution < 1.29 is 4.79 Å². The van der Waals surface area contributed by atoms with Crippen LogP contribution in [0.2, 0.25) is 0 Å². The Hall–Kier alpha value is -2.45. The van der Waals surface area contributed by atoms with E-state index in [1.54, 1.807) is 23.0 Å². The number of hydrogen-bond acceptors (Lipinski definition) is 5. The number of para-hydroxylation sites is 1. The van der Waals surface area contributed by atoms with Crippen molar-refractivity contribution in [3.05, 3.63) is 46.5 Å². The zero-order valence-electron chi connectivity index (χ0n) is 13.8. The summed E-state index contributed by atoms with van der Waals surface area (Å²) in [5.74, 6) is 0. The fraction of sp³-hybridized carbons (Fsp3) is 0.353.